The van der Waals surface area contributed by atoms with E-state index in [1.54, 1.807) is 12.2 Å². The van der Waals surface area contributed by atoms with Crippen molar-refractivity contribution >= 4 is 19.8 Å². The van der Waals surface area contributed by atoms with Crippen LogP contribution in [-0.2, 0) is 32.7 Å². The number of nitrogens with two attached hydrogens (primary N) is 1. The number of aliphatic hydroxyl groups is 1. The third-order valence-electron chi connectivity index (χ3n) is 7.83. The van der Waals surface area contributed by atoms with E-state index in [1.807, 2.05) is 18.2 Å². The molecule has 0 saturated carbocycles. The third-order valence-corrected chi connectivity index (χ3v) is 8.82. The lowest BCUT2D eigenvalue weighted by Gasteiger charge is -2.19. The molecule has 0 bridgehead atoms. The van der Waals surface area contributed by atoms with Crippen molar-refractivity contribution in [2.24, 2.45) is 5.73 Å². The number of phosphoric acid groups is 1. The first kappa shape index (κ1) is 51.1. The molecule has 2 unspecified atom stereocenters. The van der Waals surface area contributed by atoms with Gasteiger partial charge in [0.05, 0.1) is 19.3 Å². The number of hydrogen-bond acceptors (Lipinski definition) is 9. The number of allylic oxidation sites excluding steroid dienone is 12. The Hall–Kier alpha value is -2.85. The maximum Gasteiger partial charge on any atom is 0.472 e. The smallest absolute Gasteiger partial charge is 0.462 e. The summed E-state index contributed by atoms with van der Waals surface area (Å²) in [5.74, 6) is -1.01. The number of carbonyl (C=O) groups excluding carboxylic acids is 2. The topological polar surface area (TPSA) is 155 Å². The van der Waals surface area contributed by atoms with Gasteiger partial charge in [0.15, 0.2) is 6.10 Å². The van der Waals surface area contributed by atoms with Crippen LogP contribution in [0.2, 0.25) is 0 Å². The molecule has 0 spiro atoms. The minimum absolute atomic E-state index is 0.0231. The van der Waals surface area contributed by atoms with Gasteiger partial charge in [-0.3, -0.25) is 18.6 Å². The van der Waals surface area contributed by atoms with E-state index in [0.29, 0.717) is 25.7 Å². The lowest BCUT2D eigenvalue weighted by molar-refractivity contribution is -0.161. The summed E-state index contributed by atoms with van der Waals surface area (Å²) in [6.45, 7) is 3.43. The molecule has 0 aromatic carbocycles. The van der Waals surface area contributed by atoms with Gasteiger partial charge in [-0.2, -0.15) is 0 Å². The molecule has 0 aromatic rings. The first-order valence-corrected chi connectivity index (χ1v) is 21.7. The Morgan fingerprint density at radius 1 is 0.648 bits per heavy atom. The van der Waals surface area contributed by atoms with Gasteiger partial charge < -0.3 is 25.2 Å². The van der Waals surface area contributed by atoms with Crippen LogP contribution in [0.25, 0.3) is 0 Å². The molecule has 3 atom stereocenters. The molecule has 0 saturated heterocycles. The van der Waals surface area contributed by atoms with Gasteiger partial charge >= 0.3 is 19.8 Å². The van der Waals surface area contributed by atoms with Gasteiger partial charge in [0.2, 0.25) is 0 Å². The fourth-order valence-corrected chi connectivity index (χ4v) is 5.54. The Bertz CT molecular complexity index is 1180. The lowest BCUT2D eigenvalue weighted by Crippen LogP contribution is -2.29. The zero-order valence-electron chi connectivity index (χ0n) is 33.3. The number of unbranched alkanes of at least 4 members (excludes halogenated alkanes) is 9. The molecule has 11 heteroatoms. The minimum atomic E-state index is -4.42. The Balaban J connectivity index is 4.47. The second kappa shape index (κ2) is 38.4. The third kappa shape index (κ3) is 37.5. The molecule has 308 valence electrons. The predicted octanol–water partition coefficient (Wildman–Crippen LogP) is 10.2. The lowest BCUT2D eigenvalue weighted by atomic mass is 10.1. The molecule has 10 nitrogen and oxygen atoms in total. The van der Waals surface area contributed by atoms with E-state index in [2.05, 4.69) is 68.5 Å². The molecule has 0 amide bonds. The number of phosphoric ester groups is 1. The summed E-state index contributed by atoms with van der Waals surface area (Å²) in [7, 11) is -4.42. The van der Waals surface area contributed by atoms with Crippen LogP contribution in [-0.4, -0.2) is 60.5 Å². The van der Waals surface area contributed by atoms with Crippen LogP contribution in [0, 0.1) is 0 Å². The highest BCUT2D eigenvalue weighted by Crippen LogP contribution is 2.43. The van der Waals surface area contributed by atoms with Crippen molar-refractivity contribution in [2.75, 3.05) is 26.4 Å². The number of hydrogen-bond donors (Lipinski definition) is 3. The fourth-order valence-electron chi connectivity index (χ4n) is 4.77. The zero-order chi connectivity index (χ0) is 39.8. The fraction of sp³-hybridized carbons (Fsp3) is 0.628. The molecule has 0 aliphatic carbocycles. The summed E-state index contributed by atoms with van der Waals surface area (Å²) >= 11 is 0. The van der Waals surface area contributed by atoms with Gasteiger partial charge in [0, 0.05) is 19.4 Å². The average molecular weight is 778 g/mol. The van der Waals surface area contributed by atoms with Crippen molar-refractivity contribution in [1.82, 2.24) is 0 Å². The van der Waals surface area contributed by atoms with Crippen LogP contribution in [0.3, 0.4) is 0 Å². The molecule has 4 N–H and O–H groups in total. The monoisotopic (exact) mass is 777 g/mol. The summed E-state index contributed by atoms with van der Waals surface area (Å²) in [5, 5.41) is 10.1. The summed E-state index contributed by atoms with van der Waals surface area (Å²) < 4.78 is 32.5. The van der Waals surface area contributed by atoms with Crippen molar-refractivity contribution in [3.63, 3.8) is 0 Å². The maximum atomic E-state index is 12.5. The van der Waals surface area contributed by atoms with E-state index in [1.165, 1.54) is 38.5 Å². The number of carbonyl (C=O) groups is 2. The van der Waals surface area contributed by atoms with Gasteiger partial charge in [-0.25, -0.2) is 4.57 Å². The molecule has 0 aliphatic heterocycles. The highest BCUT2D eigenvalue weighted by Gasteiger charge is 2.25. The van der Waals surface area contributed by atoms with E-state index in [-0.39, 0.29) is 32.6 Å². The van der Waals surface area contributed by atoms with Gasteiger partial charge in [-0.15, -0.1) is 0 Å². The second-order valence-electron chi connectivity index (χ2n) is 13.0. The Morgan fingerprint density at radius 2 is 1.19 bits per heavy atom. The highest BCUT2D eigenvalue weighted by molar-refractivity contribution is 7.47. The molecule has 0 rings (SSSR count). The van der Waals surface area contributed by atoms with E-state index in [0.717, 1.165) is 44.9 Å². The molecular formula is C43H72NO9P. The van der Waals surface area contributed by atoms with Crippen LogP contribution in [0.15, 0.2) is 85.1 Å². The SMILES string of the molecule is CCCCC/C=C\C/C=C\C/C=C\CCCCC(=O)O[C@H](COC(=O)CCC/C=C/C=C\C(O)C/C=C\C/C=C\CCCCC)COP(=O)(O)OCCN. The van der Waals surface area contributed by atoms with E-state index in [4.69, 9.17) is 24.3 Å². The van der Waals surface area contributed by atoms with Crippen molar-refractivity contribution < 1.29 is 42.7 Å². The molecular weight excluding hydrogens is 705 g/mol. The summed E-state index contributed by atoms with van der Waals surface area (Å²) in [5.41, 5.74) is 5.32. The Kier molecular flexibility index (Phi) is 36.4. The predicted molar refractivity (Wildman–Crippen MR) is 221 cm³/mol. The molecule has 0 radical (unpaired) electrons. The number of ether oxygens (including phenoxy) is 2. The number of rotatable bonds is 36. The largest absolute Gasteiger partial charge is 0.472 e. The Morgan fingerprint density at radius 3 is 1.78 bits per heavy atom. The maximum absolute atomic E-state index is 12.5. The molecule has 54 heavy (non-hydrogen) atoms. The number of aliphatic hydroxyl groups excluding tert-OH is 1. The second-order valence-corrected chi connectivity index (χ2v) is 14.4. The van der Waals surface area contributed by atoms with E-state index >= 15 is 0 Å². The van der Waals surface area contributed by atoms with Crippen LogP contribution < -0.4 is 5.73 Å². The van der Waals surface area contributed by atoms with Crippen LogP contribution >= 0.6 is 7.82 Å². The van der Waals surface area contributed by atoms with Crippen LogP contribution in [0.4, 0.5) is 0 Å². The van der Waals surface area contributed by atoms with Crippen LogP contribution in [0.5, 0.6) is 0 Å². The van der Waals surface area contributed by atoms with Crippen molar-refractivity contribution in [1.29, 1.82) is 0 Å². The Labute approximate surface area is 326 Å². The number of esters is 2. The van der Waals surface area contributed by atoms with E-state index < -0.39 is 38.6 Å². The molecule has 0 fully saturated rings. The average Bonchev–Trinajstić information content (AvgIpc) is 3.15. The molecule has 0 aromatic heterocycles. The van der Waals surface area contributed by atoms with Gasteiger partial charge in [0.25, 0.3) is 0 Å². The van der Waals surface area contributed by atoms with E-state index in [9.17, 15) is 24.2 Å². The molecule has 0 aliphatic rings. The van der Waals surface area contributed by atoms with Crippen LogP contribution in [0.1, 0.15) is 136 Å². The quantitative estimate of drug-likeness (QED) is 0.0184. The highest BCUT2D eigenvalue weighted by atomic mass is 31.2. The standard InChI is InChI=1S/C43H72NO9P/c1-3-5-7-9-11-13-14-15-16-17-18-20-22-26-31-35-43(47)53-41(39-52-54(48,49)51-37-36-44)38-50-42(46)34-30-27-23-25-29-33-40(45)32-28-24-21-19-12-10-8-6-4-2/h11-13,15-16,18-20,23-25,28-29,33,40-41,45H,3-10,14,17,21-22,26-27,30-32,34-39,44H2,1-2H3,(H,48,49)/b13-11-,16-15-,19-12-,20-18-,25-23+,28-24-,33-29-/t40?,41-/m1/s1. The van der Waals surface area contributed by atoms with Crippen molar-refractivity contribution in [3.05, 3.63) is 85.1 Å². The van der Waals surface area contributed by atoms with Crippen molar-refractivity contribution in [3.8, 4) is 0 Å². The summed E-state index contributed by atoms with van der Waals surface area (Å²) in [6, 6.07) is 0. The van der Waals surface area contributed by atoms with Gasteiger partial charge in [-0.05, 0) is 83.5 Å². The normalized spacial score (nSPS) is 14.8. The first-order chi connectivity index (χ1) is 26.2. The van der Waals surface area contributed by atoms with Crippen molar-refractivity contribution in [2.45, 2.75) is 148 Å². The first-order valence-electron chi connectivity index (χ1n) is 20.2. The van der Waals surface area contributed by atoms with Gasteiger partial charge in [0.1, 0.15) is 6.61 Å². The zero-order valence-corrected chi connectivity index (χ0v) is 34.2. The van der Waals surface area contributed by atoms with Gasteiger partial charge in [-0.1, -0.05) is 125 Å². The summed E-state index contributed by atoms with van der Waals surface area (Å²) in [6.07, 6.45) is 43.6. The summed E-state index contributed by atoms with van der Waals surface area (Å²) in [4.78, 5) is 34.7. The minimum Gasteiger partial charge on any atom is -0.462 e. The molecule has 0 heterocycles.